The number of morpholine rings is 1. The fourth-order valence-electron chi connectivity index (χ4n) is 2.67. The van der Waals surface area contributed by atoms with Gasteiger partial charge in [-0.25, -0.2) is 0 Å². The smallest absolute Gasteiger partial charge is 0.222 e. The van der Waals surface area contributed by atoms with Crippen molar-refractivity contribution in [1.82, 2.24) is 9.80 Å². The lowest BCUT2D eigenvalue weighted by Crippen LogP contribution is -2.41. The molecular formula is C14H24N2O3. The van der Waals surface area contributed by atoms with E-state index >= 15 is 0 Å². The van der Waals surface area contributed by atoms with E-state index in [1.807, 2.05) is 9.80 Å². The molecule has 0 aliphatic carbocycles. The van der Waals surface area contributed by atoms with Crippen LogP contribution in [-0.2, 0) is 14.3 Å². The van der Waals surface area contributed by atoms with Gasteiger partial charge in [0.05, 0.1) is 13.2 Å². The summed E-state index contributed by atoms with van der Waals surface area (Å²) in [5.74, 6) is 0.460. The van der Waals surface area contributed by atoms with Crippen molar-refractivity contribution in [2.24, 2.45) is 0 Å². The Morgan fingerprint density at radius 1 is 1.11 bits per heavy atom. The first-order valence-corrected chi connectivity index (χ1v) is 7.40. The van der Waals surface area contributed by atoms with Gasteiger partial charge in [-0.3, -0.25) is 9.59 Å². The maximum Gasteiger partial charge on any atom is 0.222 e. The fourth-order valence-corrected chi connectivity index (χ4v) is 2.67. The summed E-state index contributed by atoms with van der Waals surface area (Å²) in [7, 11) is 0. The molecule has 0 unspecified atom stereocenters. The molecule has 2 heterocycles. The minimum absolute atomic E-state index is 0.200. The van der Waals surface area contributed by atoms with E-state index in [1.54, 1.807) is 0 Å². The van der Waals surface area contributed by atoms with Crippen LogP contribution in [0.4, 0.5) is 0 Å². The molecule has 2 aliphatic rings. The molecule has 0 aromatic heterocycles. The Balaban J connectivity index is 1.67. The number of hydrogen-bond acceptors (Lipinski definition) is 3. The van der Waals surface area contributed by atoms with E-state index in [2.05, 4.69) is 0 Å². The summed E-state index contributed by atoms with van der Waals surface area (Å²) in [4.78, 5) is 27.6. The molecule has 0 spiro atoms. The monoisotopic (exact) mass is 268 g/mol. The van der Waals surface area contributed by atoms with Crippen LogP contribution in [0.15, 0.2) is 0 Å². The molecule has 0 aromatic rings. The van der Waals surface area contributed by atoms with Crippen LogP contribution in [0.5, 0.6) is 0 Å². The number of amides is 2. The molecule has 0 aromatic carbocycles. The highest BCUT2D eigenvalue weighted by atomic mass is 16.5. The SMILES string of the molecule is O=C1CCCCCN1CCCC(=O)N1CCOCC1. The Morgan fingerprint density at radius 2 is 1.89 bits per heavy atom. The van der Waals surface area contributed by atoms with Gasteiger partial charge in [-0.15, -0.1) is 0 Å². The lowest BCUT2D eigenvalue weighted by molar-refractivity contribution is -0.136. The van der Waals surface area contributed by atoms with Gasteiger partial charge in [0, 0.05) is 39.0 Å². The van der Waals surface area contributed by atoms with Gasteiger partial charge < -0.3 is 14.5 Å². The van der Waals surface area contributed by atoms with Crippen LogP contribution in [0.3, 0.4) is 0 Å². The minimum Gasteiger partial charge on any atom is -0.378 e. The summed E-state index contributed by atoms with van der Waals surface area (Å²) in [6.45, 7) is 4.31. The van der Waals surface area contributed by atoms with Crippen LogP contribution >= 0.6 is 0 Å². The quantitative estimate of drug-likeness (QED) is 0.765. The van der Waals surface area contributed by atoms with Crippen molar-refractivity contribution in [2.75, 3.05) is 39.4 Å². The molecular weight excluding hydrogens is 244 g/mol. The molecule has 108 valence electrons. The van der Waals surface area contributed by atoms with Gasteiger partial charge in [0.2, 0.25) is 11.8 Å². The van der Waals surface area contributed by atoms with Gasteiger partial charge in [0.15, 0.2) is 0 Å². The number of ether oxygens (including phenoxy) is 1. The van der Waals surface area contributed by atoms with Crippen LogP contribution in [0, 0.1) is 0 Å². The zero-order valence-corrected chi connectivity index (χ0v) is 11.6. The average molecular weight is 268 g/mol. The van der Waals surface area contributed by atoms with Gasteiger partial charge in [-0.05, 0) is 19.3 Å². The number of carbonyl (C=O) groups excluding carboxylic acids is 2. The first-order chi connectivity index (χ1) is 9.27. The third-order valence-electron chi connectivity index (χ3n) is 3.85. The molecule has 2 aliphatic heterocycles. The predicted molar refractivity (Wildman–Crippen MR) is 71.7 cm³/mol. The molecule has 2 saturated heterocycles. The summed E-state index contributed by atoms with van der Waals surface area (Å²) in [5, 5.41) is 0. The molecule has 19 heavy (non-hydrogen) atoms. The fraction of sp³-hybridized carbons (Fsp3) is 0.857. The van der Waals surface area contributed by atoms with Crippen molar-refractivity contribution in [2.45, 2.75) is 38.5 Å². The molecule has 0 bridgehead atoms. The zero-order chi connectivity index (χ0) is 13.5. The molecule has 2 fully saturated rings. The number of rotatable bonds is 4. The highest BCUT2D eigenvalue weighted by molar-refractivity contribution is 5.77. The van der Waals surface area contributed by atoms with E-state index in [0.29, 0.717) is 39.1 Å². The Kier molecular flexibility index (Phi) is 5.63. The van der Waals surface area contributed by atoms with Crippen LogP contribution in [0.2, 0.25) is 0 Å². The highest BCUT2D eigenvalue weighted by Crippen LogP contribution is 2.12. The number of hydrogen-bond donors (Lipinski definition) is 0. The van der Waals surface area contributed by atoms with Crippen LogP contribution < -0.4 is 0 Å². The molecule has 5 nitrogen and oxygen atoms in total. The van der Waals surface area contributed by atoms with Gasteiger partial charge >= 0.3 is 0 Å². The maximum atomic E-state index is 12.0. The molecule has 0 radical (unpaired) electrons. The molecule has 0 saturated carbocycles. The van der Waals surface area contributed by atoms with Crippen molar-refractivity contribution in [3.63, 3.8) is 0 Å². The largest absolute Gasteiger partial charge is 0.378 e. The van der Waals surface area contributed by atoms with Gasteiger partial charge in [-0.1, -0.05) is 6.42 Å². The Morgan fingerprint density at radius 3 is 2.68 bits per heavy atom. The second-order valence-corrected chi connectivity index (χ2v) is 5.29. The number of likely N-dealkylation sites (tertiary alicyclic amines) is 1. The van der Waals surface area contributed by atoms with E-state index in [4.69, 9.17) is 4.74 Å². The van der Waals surface area contributed by atoms with Gasteiger partial charge in [0.25, 0.3) is 0 Å². The third-order valence-corrected chi connectivity index (χ3v) is 3.85. The summed E-state index contributed by atoms with van der Waals surface area (Å²) in [6.07, 6.45) is 5.27. The molecule has 2 rings (SSSR count). The summed E-state index contributed by atoms with van der Waals surface area (Å²) < 4.78 is 5.23. The molecule has 5 heteroatoms. The lowest BCUT2D eigenvalue weighted by atomic mass is 10.2. The number of carbonyl (C=O) groups is 2. The van der Waals surface area contributed by atoms with Crippen molar-refractivity contribution in [3.05, 3.63) is 0 Å². The molecule has 0 N–H and O–H groups in total. The zero-order valence-electron chi connectivity index (χ0n) is 11.6. The normalized spacial score (nSPS) is 21.4. The Hall–Kier alpha value is -1.10. The molecule has 0 atom stereocenters. The standard InChI is InChI=1S/C14H24N2O3/c17-13-5-2-1-3-7-15(13)8-4-6-14(18)16-9-11-19-12-10-16/h1-12H2. The average Bonchev–Trinajstić information content (AvgIpc) is 2.65. The van der Waals surface area contributed by atoms with Crippen molar-refractivity contribution < 1.29 is 14.3 Å². The first kappa shape index (κ1) is 14.3. The van der Waals surface area contributed by atoms with Crippen molar-refractivity contribution >= 4 is 11.8 Å². The first-order valence-electron chi connectivity index (χ1n) is 7.40. The summed E-state index contributed by atoms with van der Waals surface area (Å²) in [6, 6.07) is 0. The van der Waals surface area contributed by atoms with E-state index in [0.717, 1.165) is 38.8 Å². The molecule has 2 amide bonds. The van der Waals surface area contributed by atoms with Crippen LogP contribution in [0.25, 0.3) is 0 Å². The van der Waals surface area contributed by atoms with E-state index in [9.17, 15) is 9.59 Å². The van der Waals surface area contributed by atoms with E-state index in [-0.39, 0.29) is 11.8 Å². The van der Waals surface area contributed by atoms with Crippen LogP contribution in [0.1, 0.15) is 38.5 Å². The Labute approximate surface area is 114 Å². The summed E-state index contributed by atoms with van der Waals surface area (Å²) in [5.41, 5.74) is 0. The highest BCUT2D eigenvalue weighted by Gasteiger charge is 2.19. The lowest BCUT2D eigenvalue weighted by Gasteiger charge is -2.27. The number of nitrogens with zero attached hydrogens (tertiary/aromatic N) is 2. The minimum atomic E-state index is 0.200. The van der Waals surface area contributed by atoms with Crippen molar-refractivity contribution in [1.29, 1.82) is 0 Å². The second kappa shape index (κ2) is 7.48. The topological polar surface area (TPSA) is 49.9 Å². The summed E-state index contributed by atoms with van der Waals surface area (Å²) >= 11 is 0. The van der Waals surface area contributed by atoms with Gasteiger partial charge in [0.1, 0.15) is 0 Å². The second-order valence-electron chi connectivity index (χ2n) is 5.29. The van der Waals surface area contributed by atoms with E-state index < -0.39 is 0 Å². The third kappa shape index (κ3) is 4.49. The maximum absolute atomic E-state index is 12.0. The van der Waals surface area contributed by atoms with Crippen LogP contribution in [-0.4, -0.2) is 61.0 Å². The van der Waals surface area contributed by atoms with Crippen molar-refractivity contribution in [3.8, 4) is 0 Å². The van der Waals surface area contributed by atoms with Gasteiger partial charge in [-0.2, -0.15) is 0 Å². The Bertz CT molecular complexity index is 314. The predicted octanol–water partition coefficient (Wildman–Crippen LogP) is 1.03. The van der Waals surface area contributed by atoms with E-state index in [1.165, 1.54) is 0 Å².